The van der Waals surface area contributed by atoms with Crippen molar-refractivity contribution < 1.29 is 18.0 Å². The van der Waals surface area contributed by atoms with E-state index in [1.807, 2.05) is 0 Å². The fourth-order valence-electron chi connectivity index (χ4n) is 3.54. The van der Waals surface area contributed by atoms with Gasteiger partial charge in [0.15, 0.2) is 17.3 Å². The first-order valence-corrected chi connectivity index (χ1v) is 8.27. The van der Waals surface area contributed by atoms with Gasteiger partial charge in [-0.2, -0.15) is 0 Å². The van der Waals surface area contributed by atoms with E-state index in [-0.39, 0.29) is 18.0 Å². The van der Waals surface area contributed by atoms with Crippen molar-refractivity contribution in [1.82, 2.24) is 4.98 Å². The fraction of sp³-hybridized carbons (Fsp3) is 0.389. The molecule has 0 fully saturated rings. The van der Waals surface area contributed by atoms with Crippen LogP contribution in [0.2, 0.25) is 0 Å². The first-order valence-electron chi connectivity index (χ1n) is 8.27. The van der Waals surface area contributed by atoms with Crippen LogP contribution < -0.4 is 11.1 Å². The zero-order valence-corrected chi connectivity index (χ0v) is 14.3. The quantitative estimate of drug-likeness (QED) is 0.861. The van der Waals surface area contributed by atoms with Crippen LogP contribution in [0.4, 0.5) is 14.5 Å². The molecule has 8 heteroatoms. The molecule has 6 nitrogen and oxygen atoms in total. The second-order valence-corrected chi connectivity index (χ2v) is 7.04. The summed E-state index contributed by atoms with van der Waals surface area (Å²) in [4.78, 5) is 20.4. The Morgan fingerprint density at radius 2 is 2.23 bits per heavy atom. The molecule has 26 heavy (non-hydrogen) atoms. The van der Waals surface area contributed by atoms with Gasteiger partial charge in [-0.15, -0.1) is 0 Å². The second kappa shape index (κ2) is 5.36. The summed E-state index contributed by atoms with van der Waals surface area (Å²) >= 11 is 0. The molecule has 1 aromatic heterocycles. The zero-order chi connectivity index (χ0) is 18.7. The third kappa shape index (κ3) is 2.40. The van der Waals surface area contributed by atoms with Gasteiger partial charge in [-0.3, -0.25) is 9.79 Å². The van der Waals surface area contributed by atoms with E-state index in [9.17, 15) is 13.6 Å². The standard InChI is InChI=1S/C18H18F2N4O2/c1-9-22-13(8-26-9)15(25)23-11-4-3-10-6-18(12(10)5-11)14(19)7-17(2,20)16(21)24-18/h3-5,8,14H,6-7H2,1-2H3,(H2,21,24)(H,23,25)/t14-,17+,18+/m0/s1. The second-order valence-electron chi connectivity index (χ2n) is 7.04. The van der Waals surface area contributed by atoms with E-state index in [1.165, 1.54) is 13.2 Å². The molecule has 1 aliphatic carbocycles. The van der Waals surface area contributed by atoms with Crippen LogP contribution in [-0.2, 0) is 12.0 Å². The van der Waals surface area contributed by atoms with Gasteiger partial charge in [0.25, 0.3) is 5.91 Å². The third-order valence-electron chi connectivity index (χ3n) is 5.08. The van der Waals surface area contributed by atoms with E-state index in [4.69, 9.17) is 10.2 Å². The van der Waals surface area contributed by atoms with Crippen LogP contribution >= 0.6 is 0 Å². The van der Waals surface area contributed by atoms with Gasteiger partial charge in [0.2, 0.25) is 0 Å². The number of halogens is 2. The predicted molar refractivity (Wildman–Crippen MR) is 91.7 cm³/mol. The van der Waals surface area contributed by atoms with Crippen molar-refractivity contribution in [2.45, 2.75) is 44.1 Å². The number of hydrogen-bond donors (Lipinski definition) is 2. The number of hydrogen-bond acceptors (Lipinski definition) is 5. The number of nitrogens with zero attached hydrogens (tertiary/aromatic N) is 2. The number of rotatable bonds is 2. The molecule has 0 radical (unpaired) electrons. The molecule has 4 rings (SSSR count). The first kappa shape index (κ1) is 16.7. The maximum absolute atomic E-state index is 14.8. The van der Waals surface area contributed by atoms with Gasteiger partial charge < -0.3 is 15.5 Å². The van der Waals surface area contributed by atoms with Gasteiger partial charge in [-0.1, -0.05) is 6.07 Å². The number of alkyl halides is 2. The molecule has 3 atom stereocenters. The third-order valence-corrected chi connectivity index (χ3v) is 5.08. The Balaban J connectivity index is 1.64. The van der Waals surface area contributed by atoms with Gasteiger partial charge in [0.1, 0.15) is 23.8 Å². The Labute approximate surface area is 148 Å². The molecule has 1 spiro atoms. The lowest BCUT2D eigenvalue weighted by molar-refractivity contribution is 0.0866. The number of carbonyl (C=O) groups excluding carboxylic acids is 1. The molecule has 0 bridgehead atoms. The number of anilines is 1. The predicted octanol–water partition coefficient (Wildman–Crippen LogP) is 2.81. The highest BCUT2D eigenvalue weighted by atomic mass is 19.2. The van der Waals surface area contributed by atoms with Gasteiger partial charge in [0.05, 0.1) is 0 Å². The number of carbonyl (C=O) groups is 1. The summed E-state index contributed by atoms with van der Waals surface area (Å²) in [5.41, 5.74) is 4.77. The summed E-state index contributed by atoms with van der Waals surface area (Å²) < 4.78 is 34.1. The topological polar surface area (TPSA) is 93.5 Å². The Morgan fingerprint density at radius 3 is 2.92 bits per heavy atom. The number of nitrogens with one attached hydrogen (secondary N) is 1. The number of amidine groups is 1. The number of fused-ring (bicyclic) bond motifs is 2. The van der Waals surface area contributed by atoms with Crippen LogP contribution in [0.5, 0.6) is 0 Å². The van der Waals surface area contributed by atoms with Crippen LogP contribution in [0.1, 0.15) is 40.9 Å². The average molecular weight is 360 g/mol. The molecule has 0 saturated heterocycles. The SMILES string of the molecule is Cc1nc(C(=O)Nc2ccc3c(c2)[C@@]2(C3)N=C(N)[C@](C)(F)C[C@@H]2F)co1. The summed E-state index contributed by atoms with van der Waals surface area (Å²) in [6.07, 6.45) is -0.200. The fourth-order valence-corrected chi connectivity index (χ4v) is 3.54. The largest absolute Gasteiger partial charge is 0.448 e. The Hall–Kier alpha value is -2.77. The summed E-state index contributed by atoms with van der Waals surface area (Å²) in [5, 5.41) is 2.70. The Bertz CT molecular complexity index is 937. The van der Waals surface area contributed by atoms with Crippen molar-refractivity contribution in [3.8, 4) is 0 Å². The minimum absolute atomic E-state index is 0.149. The van der Waals surface area contributed by atoms with Gasteiger partial charge in [-0.05, 0) is 30.2 Å². The number of aryl methyl sites for hydroxylation is 1. The van der Waals surface area contributed by atoms with Crippen molar-refractivity contribution in [2.24, 2.45) is 10.7 Å². The van der Waals surface area contributed by atoms with E-state index in [1.54, 1.807) is 25.1 Å². The highest BCUT2D eigenvalue weighted by Gasteiger charge is 2.56. The monoisotopic (exact) mass is 360 g/mol. The number of amides is 1. The van der Waals surface area contributed by atoms with Crippen LogP contribution in [0.3, 0.4) is 0 Å². The molecular formula is C18H18F2N4O2. The lowest BCUT2D eigenvalue weighted by atomic mass is 9.65. The number of benzene rings is 1. The van der Waals surface area contributed by atoms with Gasteiger partial charge >= 0.3 is 0 Å². The van der Waals surface area contributed by atoms with Crippen LogP contribution in [0, 0.1) is 6.92 Å². The van der Waals surface area contributed by atoms with E-state index in [0.29, 0.717) is 23.6 Å². The molecule has 3 N–H and O–H groups in total. The minimum Gasteiger partial charge on any atom is -0.448 e. The normalized spacial score (nSPS) is 29.7. The van der Waals surface area contributed by atoms with Gasteiger partial charge in [0, 0.05) is 25.5 Å². The lowest BCUT2D eigenvalue weighted by Crippen LogP contribution is -2.56. The highest BCUT2D eigenvalue weighted by molar-refractivity contribution is 6.02. The van der Waals surface area contributed by atoms with Gasteiger partial charge in [-0.25, -0.2) is 13.8 Å². The molecule has 0 unspecified atom stereocenters. The molecule has 1 aromatic carbocycles. The number of nitrogens with two attached hydrogens (primary N) is 1. The van der Waals surface area contributed by atoms with Crippen molar-refractivity contribution in [1.29, 1.82) is 0 Å². The van der Waals surface area contributed by atoms with Crippen molar-refractivity contribution in [3.63, 3.8) is 0 Å². The molecule has 2 heterocycles. The van der Waals surface area contributed by atoms with Crippen molar-refractivity contribution >= 4 is 17.4 Å². The Morgan fingerprint density at radius 1 is 1.46 bits per heavy atom. The van der Waals surface area contributed by atoms with Crippen LogP contribution in [-0.4, -0.2) is 28.6 Å². The molecule has 0 saturated carbocycles. The van der Waals surface area contributed by atoms with Crippen LogP contribution in [0.25, 0.3) is 0 Å². The zero-order valence-electron chi connectivity index (χ0n) is 14.3. The number of aliphatic imine (C=N–C) groups is 1. The smallest absolute Gasteiger partial charge is 0.277 e. The maximum Gasteiger partial charge on any atom is 0.277 e. The molecular weight excluding hydrogens is 342 g/mol. The Kier molecular flexibility index (Phi) is 3.44. The summed E-state index contributed by atoms with van der Waals surface area (Å²) in [7, 11) is 0. The molecule has 1 aliphatic heterocycles. The van der Waals surface area contributed by atoms with E-state index in [0.717, 1.165) is 5.56 Å². The van der Waals surface area contributed by atoms with E-state index >= 15 is 0 Å². The average Bonchev–Trinajstić information content (AvgIpc) is 2.98. The first-order chi connectivity index (χ1) is 12.2. The van der Waals surface area contributed by atoms with Crippen molar-refractivity contribution in [2.75, 3.05) is 5.32 Å². The minimum atomic E-state index is -1.95. The van der Waals surface area contributed by atoms with E-state index < -0.39 is 23.3 Å². The highest BCUT2D eigenvalue weighted by Crippen LogP contribution is 2.51. The van der Waals surface area contributed by atoms with E-state index in [2.05, 4.69) is 15.3 Å². The molecule has 1 amide bonds. The molecule has 2 aliphatic rings. The maximum atomic E-state index is 14.8. The molecule has 2 aromatic rings. The van der Waals surface area contributed by atoms with Crippen molar-refractivity contribution in [3.05, 3.63) is 47.2 Å². The summed E-state index contributed by atoms with van der Waals surface area (Å²) in [6, 6.07) is 5.18. The molecule has 136 valence electrons. The lowest BCUT2D eigenvalue weighted by Gasteiger charge is -2.47. The summed E-state index contributed by atoms with van der Waals surface area (Å²) in [6.45, 7) is 2.87. The number of aromatic nitrogens is 1. The van der Waals surface area contributed by atoms with Crippen LogP contribution in [0.15, 0.2) is 33.9 Å². The number of oxazole rings is 1. The summed E-state index contributed by atoms with van der Waals surface area (Å²) in [5.74, 6) is -0.243.